The summed E-state index contributed by atoms with van der Waals surface area (Å²) >= 11 is 0. The van der Waals surface area contributed by atoms with Gasteiger partial charge in [0.1, 0.15) is 11.9 Å². The molecule has 1 fully saturated rings. The van der Waals surface area contributed by atoms with Gasteiger partial charge in [-0.2, -0.15) is 0 Å². The lowest BCUT2D eigenvalue weighted by Crippen LogP contribution is -2.52. The Morgan fingerprint density at radius 3 is 2.35 bits per heavy atom. The second-order valence-corrected chi connectivity index (χ2v) is 9.08. The molecule has 0 spiro atoms. The monoisotopic (exact) mass is 468 g/mol. The van der Waals surface area contributed by atoms with Crippen LogP contribution in [0.2, 0.25) is 0 Å². The predicted octanol–water partition coefficient (Wildman–Crippen LogP) is 3.71. The van der Waals surface area contributed by atoms with E-state index >= 15 is 0 Å². The molecule has 0 radical (unpaired) electrons. The van der Waals surface area contributed by atoms with E-state index in [1.165, 1.54) is 31.0 Å². The topological polar surface area (TPSA) is 90.5 Å². The van der Waals surface area contributed by atoms with Gasteiger partial charge in [-0.1, -0.05) is 32.0 Å². The van der Waals surface area contributed by atoms with Gasteiger partial charge in [-0.3, -0.25) is 14.4 Å². The summed E-state index contributed by atoms with van der Waals surface area (Å²) in [7, 11) is 0. The molecule has 2 aromatic rings. The Labute approximate surface area is 200 Å². The van der Waals surface area contributed by atoms with Gasteiger partial charge in [-0.15, -0.1) is 0 Å². The minimum atomic E-state index is -0.866. The molecule has 2 unspecified atom stereocenters. The molecule has 3 amide bonds. The Morgan fingerprint density at radius 2 is 1.68 bits per heavy atom. The van der Waals surface area contributed by atoms with Crippen LogP contribution in [0.3, 0.4) is 0 Å². The van der Waals surface area contributed by atoms with Crippen molar-refractivity contribution in [2.24, 2.45) is 5.92 Å². The molecule has 0 bridgehead atoms. The van der Waals surface area contributed by atoms with E-state index in [0.717, 1.165) is 18.8 Å². The number of rotatable bonds is 9. The molecule has 182 valence electrons. The number of carbonyl (C=O) groups is 3. The lowest BCUT2D eigenvalue weighted by molar-refractivity contribution is -0.124. The minimum absolute atomic E-state index is 0.0752. The number of nitrogens with zero attached hydrogens (tertiary/aromatic N) is 1. The fourth-order valence-electron chi connectivity index (χ4n) is 4.03. The van der Waals surface area contributed by atoms with E-state index in [0.29, 0.717) is 5.69 Å². The Kier molecular flexibility index (Phi) is 8.62. The smallest absolute Gasteiger partial charge is 0.254 e. The molecule has 0 aliphatic carbocycles. The van der Waals surface area contributed by atoms with E-state index in [1.54, 1.807) is 26.8 Å². The average Bonchev–Trinajstić information content (AvgIpc) is 3.32. The zero-order chi connectivity index (χ0) is 24.7. The highest BCUT2D eigenvalue weighted by Gasteiger charge is 2.27. The Hall–Kier alpha value is -3.42. The third-order valence-corrected chi connectivity index (χ3v) is 5.84. The SMILES string of the molecule is CC(CC(=O)Nc1cccc(N2CCCC2)c1)NC(=O)C(NC(=O)c1ccccc1F)C(C)C. The largest absolute Gasteiger partial charge is 0.371 e. The fourth-order valence-corrected chi connectivity index (χ4v) is 4.03. The van der Waals surface area contributed by atoms with Gasteiger partial charge >= 0.3 is 0 Å². The normalized spacial score (nSPS) is 15.0. The molecule has 3 N–H and O–H groups in total. The highest BCUT2D eigenvalue weighted by atomic mass is 19.1. The molecular formula is C26H33FN4O3. The maximum Gasteiger partial charge on any atom is 0.254 e. The summed E-state index contributed by atoms with van der Waals surface area (Å²) < 4.78 is 13.9. The van der Waals surface area contributed by atoms with Crippen molar-refractivity contribution in [3.8, 4) is 0 Å². The van der Waals surface area contributed by atoms with Gasteiger partial charge in [-0.25, -0.2) is 4.39 Å². The van der Waals surface area contributed by atoms with Crippen molar-refractivity contribution in [1.82, 2.24) is 10.6 Å². The zero-order valence-corrected chi connectivity index (χ0v) is 19.9. The molecule has 1 saturated heterocycles. The number of anilines is 2. The molecule has 7 nitrogen and oxygen atoms in total. The van der Waals surface area contributed by atoms with E-state index in [1.807, 2.05) is 24.3 Å². The lowest BCUT2D eigenvalue weighted by Gasteiger charge is -2.24. The number of nitrogens with one attached hydrogen (secondary N) is 3. The lowest BCUT2D eigenvalue weighted by atomic mass is 10.0. The van der Waals surface area contributed by atoms with Crippen molar-refractivity contribution in [2.45, 2.75) is 52.1 Å². The molecule has 1 aliphatic heterocycles. The molecule has 2 atom stereocenters. The third-order valence-electron chi connectivity index (χ3n) is 5.84. The van der Waals surface area contributed by atoms with Gasteiger partial charge in [0.05, 0.1) is 5.56 Å². The van der Waals surface area contributed by atoms with Crippen LogP contribution in [0.15, 0.2) is 48.5 Å². The summed E-state index contributed by atoms with van der Waals surface area (Å²) in [6.07, 6.45) is 2.42. The quantitative estimate of drug-likeness (QED) is 0.523. The molecular weight excluding hydrogens is 435 g/mol. The first-order valence-corrected chi connectivity index (χ1v) is 11.7. The van der Waals surface area contributed by atoms with Crippen molar-refractivity contribution >= 4 is 29.1 Å². The van der Waals surface area contributed by atoms with Crippen molar-refractivity contribution in [3.05, 3.63) is 59.9 Å². The number of hydrogen-bond donors (Lipinski definition) is 3. The fraction of sp³-hybridized carbons (Fsp3) is 0.423. The third kappa shape index (κ3) is 6.79. The molecule has 3 rings (SSSR count). The van der Waals surface area contributed by atoms with Crippen LogP contribution in [0.4, 0.5) is 15.8 Å². The maximum absolute atomic E-state index is 13.9. The predicted molar refractivity (Wildman–Crippen MR) is 131 cm³/mol. The van der Waals surface area contributed by atoms with Crippen LogP contribution in [-0.2, 0) is 9.59 Å². The van der Waals surface area contributed by atoms with E-state index in [4.69, 9.17) is 0 Å². The van der Waals surface area contributed by atoms with Crippen molar-refractivity contribution in [2.75, 3.05) is 23.3 Å². The first-order chi connectivity index (χ1) is 16.2. The van der Waals surface area contributed by atoms with Crippen molar-refractivity contribution in [1.29, 1.82) is 0 Å². The van der Waals surface area contributed by atoms with E-state index in [-0.39, 0.29) is 23.8 Å². The Bertz CT molecular complexity index is 1020. The van der Waals surface area contributed by atoms with Gasteiger partial charge < -0.3 is 20.9 Å². The van der Waals surface area contributed by atoms with Crippen LogP contribution < -0.4 is 20.9 Å². The van der Waals surface area contributed by atoms with Gasteiger partial charge in [0, 0.05) is 36.9 Å². The Morgan fingerprint density at radius 1 is 0.971 bits per heavy atom. The molecule has 34 heavy (non-hydrogen) atoms. The highest BCUT2D eigenvalue weighted by molar-refractivity contribution is 5.98. The van der Waals surface area contributed by atoms with E-state index < -0.39 is 29.7 Å². The van der Waals surface area contributed by atoms with E-state index in [9.17, 15) is 18.8 Å². The molecule has 1 aliphatic rings. The maximum atomic E-state index is 13.9. The van der Waals surface area contributed by atoms with E-state index in [2.05, 4.69) is 20.9 Å². The second kappa shape index (κ2) is 11.6. The summed E-state index contributed by atoms with van der Waals surface area (Å²) in [5, 5.41) is 8.29. The van der Waals surface area contributed by atoms with Crippen LogP contribution in [0.25, 0.3) is 0 Å². The minimum Gasteiger partial charge on any atom is -0.371 e. The van der Waals surface area contributed by atoms with Crippen LogP contribution >= 0.6 is 0 Å². The Balaban J connectivity index is 1.54. The van der Waals surface area contributed by atoms with Gasteiger partial charge in [-0.05, 0) is 56.0 Å². The molecule has 8 heteroatoms. The van der Waals surface area contributed by atoms with Crippen LogP contribution in [0.5, 0.6) is 0 Å². The van der Waals surface area contributed by atoms with Crippen molar-refractivity contribution in [3.63, 3.8) is 0 Å². The van der Waals surface area contributed by atoms with Crippen LogP contribution in [0, 0.1) is 11.7 Å². The van der Waals surface area contributed by atoms with Crippen LogP contribution in [0.1, 0.15) is 50.4 Å². The van der Waals surface area contributed by atoms with Crippen molar-refractivity contribution < 1.29 is 18.8 Å². The zero-order valence-electron chi connectivity index (χ0n) is 19.9. The summed E-state index contributed by atoms with van der Waals surface area (Å²) in [4.78, 5) is 40.1. The summed E-state index contributed by atoms with van der Waals surface area (Å²) in [6, 6.07) is 12.0. The number of carbonyl (C=O) groups excluding carboxylic acids is 3. The number of hydrogen-bond acceptors (Lipinski definition) is 4. The first-order valence-electron chi connectivity index (χ1n) is 11.7. The summed E-state index contributed by atoms with van der Waals surface area (Å²) in [5.74, 6) is -2.18. The van der Waals surface area contributed by atoms with Crippen LogP contribution in [-0.4, -0.2) is 42.9 Å². The first kappa shape index (κ1) is 25.2. The second-order valence-electron chi connectivity index (χ2n) is 9.08. The molecule has 1 heterocycles. The number of amides is 3. The highest BCUT2D eigenvalue weighted by Crippen LogP contribution is 2.23. The number of benzene rings is 2. The van der Waals surface area contributed by atoms with Gasteiger partial charge in [0.2, 0.25) is 11.8 Å². The van der Waals surface area contributed by atoms with Gasteiger partial charge in [0.25, 0.3) is 5.91 Å². The molecule has 2 aromatic carbocycles. The standard InChI is InChI=1S/C26H33FN4O3/c1-17(2)24(30-25(33)21-11-4-5-12-22(21)27)26(34)28-18(3)15-23(32)29-19-9-8-10-20(16-19)31-13-6-7-14-31/h4-5,8-12,16-18,24H,6-7,13-15H2,1-3H3,(H,28,34)(H,29,32)(H,30,33). The number of halogens is 1. The average molecular weight is 469 g/mol. The molecule has 0 aromatic heterocycles. The summed E-state index contributed by atoms with van der Waals surface area (Å²) in [5.41, 5.74) is 1.68. The van der Waals surface area contributed by atoms with Gasteiger partial charge in [0.15, 0.2) is 0 Å². The summed E-state index contributed by atoms with van der Waals surface area (Å²) in [6.45, 7) is 7.34. The molecule has 0 saturated carbocycles.